The molecule has 1 amide bonds. The van der Waals surface area contributed by atoms with Crippen molar-refractivity contribution in [3.8, 4) is 11.1 Å². The van der Waals surface area contributed by atoms with Gasteiger partial charge in [-0.2, -0.15) is 0 Å². The van der Waals surface area contributed by atoms with Crippen LogP contribution in [0.3, 0.4) is 0 Å². The van der Waals surface area contributed by atoms with E-state index in [0.29, 0.717) is 29.1 Å². The molecule has 7 heteroatoms. The SMILES string of the molecule is COC(=O)C1(C(=O)Nc2nc3cc(-c4c(C)cccc4F)ccc3s2)CC1. The molecule has 1 N–H and O–H groups in total. The van der Waals surface area contributed by atoms with E-state index >= 15 is 0 Å². The van der Waals surface area contributed by atoms with Crippen LogP contribution in [0.5, 0.6) is 0 Å². The fraction of sp³-hybridized carbons (Fsp3) is 0.250. The molecule has 1 fully saturated rings. The van der Waals surface area contributed by atoms with Gasteiger partial charge in [0.15, 0.2) is 5.13 Å². The van der Waals surface area contributed by atoms with Crippen LogP contribution < -0.4 is 5.32 Å². The third-order valence-corrected chi connectivity index (χ3v) is 5.83. The van der Waals surface area contributed by atoms with E-state index in [9.17, 15) is 14.0 Å². The number of carbonyl (C=O) groups is 2. The molecule has 1 heterocycles. The first-order valence-corrected chi connectivity index (χ1v) is 9.32. The van der Waals surface area contributed by atoms with E-state index in [-0.39, 0.29) is 5.82 Å². The lowest BCUT2D eigenvalue weighted by molar-refractivity contribution is -0.150. The summed E-state index contributed by atoms with van der Waals surface area (Å²) in [6.07, 6.45) is 0.959. The van der Waals surface area contributed by atoms with Crippen LogP contribution in [0.15, 0.2) is 36.4 Å². The minimum atomic E-state index is -1.08. The van der Waals surface area contributed by atoms with E-state index in [4.69, 9.17) is 4.74 Å². The molecule has 2 aromatic carbocycles. The van der Waals surface area contributed by atoms with Gasteiger partial charge >= 0.3 is 5.97 Å². The Hall–Kier alpha value is -2.80. The zero-order valence-corrected chi connectivity index (χ0v) is 15.7. The molecule has 1 aliphatic rings. The highest BCUT2D eigenvalue weighted by Crippen LogP contribution is 2.48. The Morgan fingerprint density at radius 1 is 1.26 bits per heavy atom. The minimum Gasteiger partial charge on any atom is -0.468 e. The van der Waals surface area contributed by atoms with Crippen LogP contribution in [0.2, 0.25) is 0 Å². The smallest absolute Gasteiger partial charge is 0.321 e. The van der Waals surface area contributed by atoms with Crippen molar-refractivity contribution in [2.24, 2.45) is 5.41 Å². The molecule has 0 spiro atoms. The van der Waals surface area contributed by atoms with Crippen molar-refractivity contribution in [2.75, 3.05) is 12.4 Å². The second-order valence-electron chi connectivity index (χ2n) is 6.66. The number of nitrogens with zero attached hydrogens (tertiary/aromatic N) is 1. The second-order valence-corrected chi connectivity index (χ2v) is 7.69. The van der Waals surface area contributed by atoms with Crippen molar-refractivity contribution in [2.45, 2.75) is 19.8 Å². The molecule has 1 aromatic heterocycles. The molecular weight excluding hydrogens is 367 g/mol. The molecule has 0 aliphatic heterocycles. The number of aryl methyl sites for hydroxylation is 1. The number of hydrogen-bond donors (Lipinski definition) is 1. The van der Waals surface area contributed by atoms with Gasteiger partial charge in [-0.3, -0.25) is 9.59 Å². The van der Waals surface area contributed by atoms with Crippen LogP contribution in [0.4, 0.5) is 9.52 Å². The Morgan fingerprint density at radius 2 is 2.04 bits per heavy atom. The van der Waals surface area contributed by atoms with Gasteiger partial charge in [0.25, 0.3) is 0 Å². The summed E-state index contributed by atoms with van der Waals surface area (Å²) < 4.78 is 19.8. The number of aromatic nitrogens is 1. The molecule has 1 aliphatic carbocycles. The van der Waals surface area contributed by atoms with Gasteiger partial charge in [0.2, 0.25) is 5.91 Å². The maximum absolute atomic E-state index is 14.2. The number of carbonyl (C=O) groups excluding carboxylic acids is 2. The third kappa shape index (κ3) is 2.98. The Balaban J connectivity index is 1.64. The summed E-state index contributed by atoms with van der Waals surface area (Å²) in [4.78, 5) is 28.7. The monoisotopic (exact) mass is 384 g/mol. The molecule has 4 rings (SSSR count). The molecule has 3 aromatic rings. The highest BCUT2D eigenvalue weighted by atomic mass is 32.1. The number of nitrogens with one attached hydrogen (secondary N) is 1. The van der Waals surface area contributed by atoms with E-state index in [1.54, 1.807) is 12.1 Å². The van der Waals surface area contributed by atoms with Gasteiger partial charge < -0.3 is 10.1 Å². The number of ether oxygens (including phenoxy) is 1. The summed E-state index contributed by atoms with van der Waals surface area (Å²) >= 11 is 1.31. The lowest BCUT2D eigenvalue weighted by Gasteiger charge is -2.10. The van der Waals surface area contributed by atoms with Crippen molar-refractivity contribution in [1.82, 2.24) is 4.98 Å². The average molecular weight is 384 g/mol. The van der Waals surface area contributed by atoms with E-state index in [2.05, 4.69) is 10.3 Å². The Bertz CT molecular complexity index is 1050. The van der Waals surface area contributed by atoms with E-state index in [1.807, 2.05) is 25.1 Å². The quantitative estimate of drug-likeness (QED) is 0.538. The highest BCUT2D eigenvalue weighted by Gasteiger charge is 2.58. The zero-order chi connectivity index (χ0) is 19.2. The van der Waals surface area contributed by atoms with E-state index in [1.165, 1.54) is 24.5 Å². The number of methoxy groups -OCH3 is 1. The number of rotatable bonds is 4. The predicted octanol–water partition coefficient (Wildman–Crippen LogP) is 4.30. The number of fused-ring (bicyclic) bond motifs is 1. The topological polar surface area (TPSA) is 68.3 Å². The molecule has 0 atom stereocenters. The molecule has 27 heavy (non-hydrogen) atoms. The average Bonchev–Trinajstić information content (AvgIpc) is 3.36. The van der Waals surface area contributed by atoms with Gasteiger partial charge in [-0.25, -0.2) is 9.37 Å². The van der Waals surface area contributed by atoms with Gasteiger partial charge in [-0.05, 0) is 49.1 Å². The Labute approximate surface area is 159 Å². The molecule has 0 bridgehead atoms. The molecular formula is C20H17FN2O3S. The normalized spacial score (nSPS) is 14.8. The van der Waals surface area contributed by atoms with Gasteiger partial charge in [-0.1, -0.05) is 29.5 Å². The summed E-state index contributed by atoms with van der Waals surface area (Å²) in [5, 5.41) is 3.13. The lowest BCUT2D eigenvalue weighted by atomic mass is 10.00. The largest absolute Gasteiger partial charge is 0.468 e. The number of benzene rings is 2. The third-order valence-electron chi connectivity index (χ3n) is 4.88. The molecule has 0 unspecified atom stereocenters. The summed E-state index contributed by atoms with van der Waals surface area (Å²) in [5.74, 6) is -1.19. The van der Waals surface area contributed by atoms with Gasteiger partial charge in [-0.15, -0.1) is 0 Å². The highest BCUT2D eigenvalue weighted by molar-refractivity contribution is 7.22. The van der Waals surface area contributed by atoms with Crippen molar-refractivity contribution < 1.29 is 18.7 Å². The first kappa shape index (κ1) is 17.6. The molecule has 138 valence electrons. The second kappa shape index (κ2) is 6.42. The van der Waals surface area contributed by atoms with Crippen LogP contribution in [0.1, 0.15) is 18.4 Å². The first-order valence-electron chi connectivity index (χ1n) is 8.50. The fourth-order valence-electron chi connectivity index (χ4n) is 3.19. The summed E-state index contributed by atoms with van der Waals surface area (Å²) in [5.41, 5.74) is 1.70. The number of hydrogen-bond acceptors (Lipinski definition) is 5. The maximum atomic E-state index is 14.2. The number of esters is 1. The van der Waals surface area contributed by atoms with Crippen molar-refractivity contribution in [1.29, 1.82) is 0 Å². The van der Waals surface area contributed by atoms with Gasteiger partial charge in [0.05, 0.1) is 17.3 Å². The standard InChI is InChI=1S/C20H17FN2O3S/c1-11-4-3-5-13(21)16(11)12-6-7-15-14(10-12)22-19(27-15)23-17(24)20(8-9-20)18(25)26-2/h3-7,10H,8-9H2,1-2H3,(H,22,23,24). The Kier molecular flexibility index (Phi) is 4.19. The fourth-order valence-corrected chi connectivity index (χ4v) is 4.04. The van der Waals surface area contributed by atoms with Crippen LogP contribution in [0, 0.1) is 18.2 Å². The number of amides is 1. The maximum Gasteiger partial charge on any atom is 0.321 e. The number of halogens is 1. The first-order chi connectivity index (χ1) is 12.9. The summed E-state index contributed by atoms with van der Waals surface area (Å²) in [6, 6.07) is 10.5. The van der Waals surface area contributed by atoms with Crippen molar-refractivity contribution in [3.63, 3.8) is 0 Å². The lowest BCUT2D eigenvalue weighted by Crippen LogP contribution is -2.32. The van der Waals surface area contributed by atoms with Gasteiger partial charge in [0, 0.05) is 5.56 Å². The van der Waals surface area contributed by atoms with Crippen molar-refractivity contribution >= 4 is 38.6 Å². The Morgan fingerprint density at radius 3 is 2.70 bits per heavy atom. The predicted molar refractivity (Wildman–Crippen MR) is 102 cm³/mol. The summed E-state index contributed by atoms with van der Waals surface area (Å²) in [7, 11) is 1.28. The van der Waals surface area contributed by atoms with Crippen LogP contribution in [0.25, 0.3) is 21.3 Å². The molecule has 0 radical (unpaired) electrons. The van der Waals surface area contributed by atoms with E-state index in [0.717, 1.165) is 15.8 Å². The molecule has 5 nitrogen and oxygen atoms in total. The number of thiazole rings is 1. The summed E-state index contributed by atoms with van der Waals surface area (Å²) in [6.45, 7) is 1.86. The van der Waals surface area contributed by atoms with Gasteiger partial charge in [0.1, 0.15) is 11.2 Å². The zero-order valence-electron chi connectivity index (χ0n) is 14.8. The van der Waals surface area contributed by atoms with Crippen LogP contribution in [-0.4, -0.2) is 24.0 Å². The van der Waals surface area contributed by atoms with Crippen molar-refractivity contribution in [3.05, 3.63) is 47.8 Å². The van der Waals surface area contributed by atoms with E-state index < -0.39 is 17.3 Å². The number of anilines is 1. The minimum absolute atomic E-state index is 0.285. The van der Waals surface area contributed by atoms with Crippen LogP contribution in [-0.2, 0) is 14.3 Å². The van der Waals surface area contributed by atoms with Crippen LogP contribution >= 0.6 is 11.3 Å². The molecule has 1 saturated carbocycles. The molecule has 0 saturated heterocycles.